The number of carbonyl (C=O) groups is 2. The smallest absolute Gasteiger partial charge is 0.262 e. The Hall–Kier alpha value is -4.26. The summed E-state index contributed by atoms with van der Waals surface area (Å²) in [7, 11) is 3.14. The van der Waals surface area contributed by atoms with Crippen molar-refractivity contribution in [2.45, 2.75) is 6.92 Å². The molecule has 7 heteroatoms. The number of carbonyl (C=O) groups excluding carboxylic acids is 2. The van der Waals surface area contributed by atoms with Gasteiger partial charge in [-0.15, -0.1) is 0 Å². The van der Waals surface area contributed by atoms with Crippen LogP contribution < -0.4 is 24.3 Å². The Kier molecular flexibility index (Phi) is 6.31. The van der Waals surface area contributed by atoms with Gasteiger partial charge >= 0.3 is 0 Å². The maximum absolute atomic E-state index is 12.7. The molecule has 0 radical (unpaired) electrons. The predicted octanol–water partition coefficient (Wildman–Crippen LogP) is 4.65. The highest BCUT2D eigenvalue weighted by atomic mass is 16.5. The van der Waals surface area contributed by atoms with Gasteiger partial charge in [-0.3, -0.25) is 9.59 Å². The highest BCUT2D eigenvalue weighted by Gasteiger charge is 2.27. The molecule has 1 amide bonds. The van der Waals surface area contributed by atoms with E-state index in [2.05, 4.69) is 5.32 Å². The fourth-order valence-electron chi connectivity index (χ4n) is 3.36. The lowest BCUT2D eigenvalue weighted by atomic mass is 10.1. The summed E-state index contributed by atoms with van der Waals surface area (Å²) in [5.74, 6) is 1.77. The van der Waals surface area contributed by atoms with Crippen molar-refractivity contribution in [3.05, 3.63) is 83.1 Å². The molecule has 3 aromatic carbocycles. The van der Waals surface area contributed by atoms with Gasteiger partial charge in [-0.25, -0.2) is 0 Å². The predicted molar refractivity (Wildman–Crippen MR) is 124 cm³/mol. The van der Waals surface area contributed by atoms with E-state index in [4.69, 9.17) is 18.9 Å². The van der Waals surface area contributed by atoms with Crippen LogP contribution in [-0.4, -0.2) is 32.5 Å². The van der Waals surface area contributed by atoms with Crippen molar-refractivity contribution in [3.63, 3.8) is 0 Å². The number of ether oxygens (including phenoxy) is 4. The van der Waals surface area contributed by atoms with Crippen molar-refractivity contribution in [2.75, 3.05) is 26.1 Å². The summed E-state index contributed by atoms with van der Waals surface area (Å²) in [6.07, 6.45) is 1.67. The first-order chi connectivity index (χ1) is 16.0. The molecule has 0 aliphatic carbocycles. The van der Waals surface area contributed by atoms with Crippen molar-refractivity contribution in [1.29, 1.82) is 0 Å². The number of allylic oxidation sites excluding steroid dienone is 1. The van der Waals surface area contributed by atoms with Crippen molar-refractivity contribution >= 4 is 23.5 Å². The first-order valence-corrected chi connectivity index (χ1v) is 10.3. The van der Waals surface area contributed by atoms with Gasteiger partial charge in [0.05, 0.1) is 25.5 Å². The average Bonchev–Trinajstić information content (AvgIpc) is 3.13. The fourth-order valence-corrected chi connectivity index (χ4v) is 3.36. The molecule has 0 saturated carbocycles. The number of fused-ring (bicyclic) bond motifs is 1. The number of ketones is 1. The first kappa shape index (κ1) is 22.0. The van der Waals surface area contributed by atoms with Gasteiger partial charge < -0.3 is 24.3 Å². The number of hydrogen-bond acceptors (Lipinski definition) is 6. The Labute approximate surface area is 191 Å². The third kappa shape index (κ3) is 4.98. The molecule has 0 atom stereocenters. The number of Topliss-reactive ketones (excluding diaryl/α,β-unsaturated/α-hetero) is 1. The molecule has 7 nitrogen and oxygen atoms in total. The van der Waals surface area contributed by atoms with E-state index in [1.54, 1.807) is 44.6 Å². The van der Waals surface area contributed by atoms with Gasteiger partial charge in [0, 0.05) is 6.07 Å². The van der Waals surface area contributed by atoms with E-state index < -0.39 is 0 Å². The second kappa shape index (κ2) is 9.48. The molecule has 1 N–H and O–H groups in total. The Bertz CT molecular complexity index is 1230. The summed E-state index contributed by atoms with van der Waals surface area (Å²) in [6.45, 7) is 1.72. The van der Waals surface area contributed by atoms with E-state index in [0.717, 1.165) is 16.9 Å². The standard InChI is InChI=1S/C26H23NO6/c1-16-4-11-22(31-3)21(12-16)27-25(28)15-32-19-9-10-20-23(14-19)33-24(26(20)29)13-17-5-7-18(30-2)8-6-17/h4-14H,15H2,1-3H3,(H,27,28). The Morgan fingerprint density at radius 2 is 1.73 bits per heavy atom. The zero-order chi connectivity index (χ0) is 23.4. The van der Waals surface area contributed by atoms with E-state index in [-0.39, 0.29) is 24.1 Å². The third-order valence-corrected chi connectivity index (χ3v) is 5.05. The van der Waals surface area contributed by atoms with Crippen LogP contribution in [0.5, 0.6) is 23.0 Å². The molecule has 0 saturated heterocycles. The molecular formula is C26H23NO6. The highest BCUT2D eigenvalue weighted by molar-refractivity contribution is 6.14. The van der Waals surface area contributed by atoms with E-state index >= 15 is 0 Å². The van der Waals surface area contributed by atoms with Crippen molar-refractivity contribution in [1.82, 2.24) is 0 Å². The second-order valence-corrected chi connectivity index (χ2v) is 7.41. The lowest BCUT2D eigenvalue weighted by molar-refractivity contribution is -0.118. The molecule has 4 rings (SSSR count). The van der Waals surface area contributed by atoms with Gasteiger partial charge in [0.25, 0.3) is 5.91 Å². The molecule has 0 unspecified atom stereocenters. The third-order valence-electron chi connectivity index (χ3n) is 5.05. The van der Waals surface area contributed by atoms with Crippen LogP contribution in [0.25, 0.3) is 6.08 Å². The minimum atomic E-state index is -0.337. The lowest BCUT2D eigenvalue weighted by Gasteiger charge is -2.12. The normalized spacial score (nSPS) is 13.3. The highest BCUT2D eigenvalue weighted by Crippen LogP contribution is 2.35. The lowest BCUT2D eigenvalue weighted by Crippen LogP contribution is -2.20. The monoisotopic (exact) mass is 445 g/mol. The summed E-state index contributed by atoms with van der Waals surface area (Å²) in [4.78, 5) is 25.0. The summed E-state index contributed by atoms with van der Waals surface area (Å²) in [6, 6.07) is 17.7. The molecule has 1 heterocycles. The number of rotatable bonds is 7. The molecule has 1 aliphatic rings. The van der Waals surface area contributed by atoms with E-state index in [1.807, 2.05) is 43.3 Å². The molecule has 33 heavy (non-hydrogen) atoms. The Morgan fingerprint density at radius 1 is 0.970 bits per heavy atom. The van der Waals surface area contributed by atoms with Crippen LogP contribution in [-0.2, 0) is 4.79 Å². The number of benzene rings is 3. The fraction of sp³-hybridized carbons (Fsp3) is 0.154. The molecule has 1 aliphatic heterocycles. The molecule has 0 spiro atoms. The summed E-state index contributed by atoms with van der Waals surface area (Å²) in [5, 5.41) is 2.78. The van der Waals surface area contributed by atoms with Crippen LogP contribution in [0, 0.1) is 6.92 Å². The maximum atomic E-state index is 12.7. The number of anilines is 1. The van der Waals surface area contributed by atoms with Crippen LogP contribution >= 0.6 is 0 Å². The molecule has 0 aromatic heterocycles. The zero-order valence-corrected chi connectivity index (χ0v) is 18.5. The number of hydrogen-bond donors (Lipinski definition) is 1. The van der Waals surface area contributed by atoms with Crippen LogP contribution in [0.15, 0.2) is 66.4 Å². The molecule has 3 aromatic rings. The number of methoxy groups -OCH3 is 2. The van der Waals surface area contributed by atoms with Crippen LogP contribution in [0.3, 0.4) is 0 Å². The van der Waals surface area contributed by atoms with Gasteiger partial charge in [0.1, 0.15) is 23.0 Å². The van der Waals surface area contributed by atoms with Gasteiger partial charge in [-0.1, -0.05) is 18.2 Å². The summed E-state index contributed by atoms with van der Waals surface area (Å²) in [5.41, 5.74) is 2.82. The van der Waals surface area contributed by atoms with E-state index in [9.17, 15) is 9.59 Å². The van der Waals surface area contributed by atoms with Crippen LogP contribution in [0.2, 0.25) is 0 Å². The van der Waals surface area contributed by atoms with Gasteiger partial charge in [0.2, 0.25) is 5.78 Å². The second-order valence-electron chi connectivity index (χ2n) is 7.41. The van der Waals surface area contributed by atoms with Crippen LogP contribution in [0.4, 0.5) is 5.69 Å². The Morgan fingerprint density at radius 3 is 2.45 bits per heavy atom. The summed E-state index contributed by atoms with van der Waals surface area (Å²) >= 11 is 0. The molecule has 0 bridgehead atoms. The molecule has 168 valence electrons. The van der Waals surface area contributed by atoms with Crippen molar-refractivity contribution in [3.8, 4) is 23.0 Å². The zero-order valence-electron chi connectivity index (χ0n) is 18.5. The largest absolute Gasteiger partial charge is 0.497 e. The minimum Gasteiger partial charge on any atom is -0.497 e. The van der Waals surface area contributed by atoms with Crippen molar-refractivity contribution < 1.29 is 28.5 Å². The Balaban J connectivity index is 1.41. The van der Waals surface area contributed by atoms with Crippen molar-refractivity contribution in [2.24, 2.45) is 0 Å². The average molecular weight is 445 g/mol. The quantitative estimate of drug-likeness (QED) is 0.533. The summed E-state index contributed by atoms with van der Waals surface area (Å²) < 4.78 is 21.8. The van der Waals surface area contributed by atoms with E-state index in [1.165, 1.54) is 0 Å². The van der Waals surface area contributed by atoms with Gasteiger partial charge in [-0.05, 0) is 60.5 Å². The van der Waals surface area contributed by atoms with Gasteiger partial charge in [-0.2, -0.15) is 0 Å². The SMILES string of the molecule is COc1ccc(C=C2Oc3cc(OCC(=O)Nc4cc(C)ccc4OC)ccc3C2=O)cc1. The maximum Gasteiger partial charge on any atom is 0.262 e. The molecular weight excluding hydrogens is 422 g/mol. The topological polar surface area (TPSA) is 83.1 Å². The van der Waals surface area contributed by atoms with Crippen LogP contribution in [0.1, 0.15) is 21.5 Å². The van der Waals surface area contributed by atoms with Gasteiger partial charge in [0.15, 0.2) is 12.4 Å². The van der Waals surface area contributed by atoms with E-state index in [0.29, 0.717) is 28.5 Å². The first-order valence-electron chi connectivity index (χ1n) is 10.3. The number of amides is 1. The molecule has 0 fully saturated rings. The minimum absolute atomic E-state index is 0.210. The number of nitrogens with one attached hydrogen (secondary N) is 1. The number of aryl methyl sites for hydroxylation is 1.